The van der Waals surface area contributed by atoms with Gasteiger partial charge in [0.15, 0.2) is 4.90 Å². The fourth-order valence-corrected chi connectivity index (χ4v) is 5.56. The fraction of sp³-hybridized carbons (Fsp3) is 0.565. The Labute approximate surface area is 179 Å². The van der Waals surface area contributed by atoms with E-state index in [9.17, 15) is 13.2 Å². The summed E-state index contributed by atoms with van der Waals surface area (Å²) in [5, 5.41) is 4.44. The van der Waals surface area contributed by atoms with Crippen molar-refractivity contribution in [3.8, 4) is 5.88 Å². The Morgan fingerprint density at radius 2 is 1.77 bits per heavy atom. The Hall–Kier alpha value is -2.15. The van der Waals surface area contributed by atoms with Crippen LogP contribution in [0.25, 0.3) is 0 Å². The average Bonchev–Trinajstić information content (AvgIpc) is 3.05. The molecule has 1 aliphatic rings. The van der Waals surface area contributed by atoms with E-state index in [2.05, 4.69) is 5.10 Å². The first kappa shape index (κ1) is 22.5. The van der Waals surface area contributed by atoms with Gasteiger partial charge in [0.2, 0.25) is 15.7 Å². The Balaban J connectivity index is 1.92. The van der Waals surface area contributed by atoms with Gasteiger partial charge in [-0.2, -0.15) is 5.10 Å². The van der Waals surface area contributed by atoms with Gasteiger partial charge in [0.1, 0.15) is 0 Å². The molecule has 0 bridgehead atoms. The zero-order chi connectivity index (χ0) is 21.9. The van der Waals surface area contributed by atoms with Crippen LogP contribution in [0.1, 0.15) is 71.4 Å². The van der Waals surface area contributed by atoms with Crippen LogP contribution in [0.5, 0.6) is 5.88 Å². The molecule has 0 aliphatic heterocycles. The number of ether oxygens (including phenoxy) is 1. The molecule has 3 rings (SSSR count). The van der Waals surface area contributed by atoms with Crippen LogP contribution < -0.4 is 4.74 Å². The standard InChI is InChI=1S/C23H32N2O4S/c1-17-21(30(27,28)19-13-9-6-10-14-19)22(25(24-17)23(2,3)4)29-20(26)16-15-18-11-7-5-8-12-18/h6,9-10,13-14,18H,5,7-8,11-12,15-16H2,1-4H3. The molecule has 1 aromatic carbocycles. The van der Waals surface area contributed by atoms with Crippen LogP contribution in [0.15, 0.2) is 40.1 Å². The molecule has 30 heavy (non-hydrogen) atoms. The van der Waals surface area contributed by atoms with E-state index < -0.39 is 21.3 Å². The second kappa shape index (κ2) is 8.92. The predicted molar refractivity (Wildman–Crippen MR) is 115 cm³/mol. The number of aryl methyl sites for hydroxylation is 1. The summed E-state index contributed by atoms with van der Waals surface area (Å²) >= 11 is 0. The Kier molecular flexibility index (Phi) is 6.70. The summed E-state index contributed by atoms with van der Waals surface area (Å²) in [6.07, 6.45) is 7.07. The van der Waals surface area contributed by atoms with Crippen LogP contribution in [-0.2, 0) is 20.2 Å². The Bertz CT molecular complexity index is 982. The summed E-state index contributed by atoms with van der Waals surface area (Å²) in [5.74, 6) is 0.154. The molecular weight excluding hydrogens is 400 g/mol. The lowest BCUT2D eigenvalue weighted by atomic mass is 9.86. The lowest BCUT2D eigenvalue weighted by Crippen LogP contribution is -2.26. The highest BCUT2D eigenvalue weighted by atomic mass is 32.2. The average molecular weight is 433 g/mol. The Morgan fingerprint density at radius 3 is 2.37 bits per heavy atom. The van der Waals surface area contributed by atoms with Crippen molar-refractivity contribution < 1.29 is 17.9 Å². The number of carbonyl (C=O) groups is 1. The normalized spacial score (nSPS) is 15.9. The van der Waals surface area contributed by atoms with E-state index in [1.807, 2.05) is 20.8 Å². The molecule has 0 saturated heterocycles. The van der Waals surface area contributed by atoms with E-state index >= 15 is 0 Å². The van der Waals surface area contributed by atoms with Crippen molar-refractivity contribution in [2.24, 2.45) is 5.92 Å². The van der Waals surface area contributed by atoms with Gasteiger partial charge in [-0.05, 0) is 52.2 Å². The highest BCUT2D eigenvalue weighted by Crippen LogP contribution is 2.36. The molecule has 1 aromatic heterocycles. The number of rotatable bonds is 6. The van der Waals surface area contributed by atoms with Gasteiger partial charge in [-0.3, -0.25) is 4.79 Å². The maximum atomic E-state index is 13.4. The van der Waals surface area contributed by atoms with Crippen LogP contribution in [0.4, 0.5) is 0 Å². The molecule has 0 N–H and O–H groups in total. The highest BCUT2D eigenvalue weighted by molar-refractivity contribution is 7.91. The molecule has 1 fully saturated rings. The summed E-state index contributed by atoms with van der Waals surface area (Å²) < 4.78 is 33.9. The van der Waals surface area contributed by atoms with Gasteiger partial charge in [-0.1, -0.05) is 50.3 Å². The molecule has 164 valence electrons. The van der Waals surface area contributed by atoms with Crippen molar-refractivity contribution >= 4 is 15.8 Å². The minimum atomic E-state index is -3.88. The van der Waals surface area contributed by atoms with E-state index in [0.717, 1.165) is 19.3 Å². The largest absolute Gasteiger partial charge is 0.406 e. The van der Waals surface area contributed by atoms with Crippen molar-refractivity contribution in [1.82, 2.24) is 9.78 Å². The summed E-state index contributed by atoms with van der Waals surface area (Å²) in [6.45, 7) is 7.34. The summed E-state index contributed by atoms with van der Waals surface area (Å²) in [4.78, 5) is 12.8. The first-order chi connectivity index (χ1) is 14.1. The minimum absolute atomic E-state index is 0.0116. The predicted octanol–water partition coefficient (Wildman–Crippen LogP) is 5.05. The number of sulfone groups is 1. The minimum Gasteiger partial charge on any atom is -0.406 e. The number of hydrogen-bond donors (Lipinski definition) is 0. The van der Waals surface area contributed by atoms with E-state index in [0.29, 0.717) is 11.6 Å². The van der Waals surface area contributed by atoms with E-state index in [1.54, 1.807) is 25.1 Å². The first-order valence-electron chi connectivity index (χ1n) is 10.7. The molecule has 1 saturated carbocycles. The first-order valence-corrected chi connectivity index (χ1v) is 12.2. The maximum Gasteiger partial charge on any atom is 0.312 e. The second-order valence-electron chi connectivity index (χ2n) is 9.14. The van der Waals surface area contributed by atoms with Gasteiger partial charge in [-0.15, -0.1) is 0 Å². The molecule has 0 atom stereocenters. The van der Waals surface area contributed by atoms with Crippen LogP contribution in [0, 0.1) is 12.8 Å². The summed E-state index contributed by atoms with van der Waals surface area (Å²) in [6, 6.07) is 8.19. The fourth-order valence-electron chi connectivity index (χ4n) is 4.02. The second-order valence-corrected chi connectivity index (χ2v) is 11.0. The van der Waals surface area contributed by atoms with Crippen LogP contribution in [0.3, 0.4) is 0 Å². The molecule has 0 spiro atoms. The molecule has 0 radical (unpaired) electrons. The lowest BCUT2D eigenvalue weighted by Gasteiger charge is -2.23. The number of aromatic nitrogens is 2. The van der Waals surface area contributed by atoms with Crippen molar-refractivity contribution in [3.05, 3.63) is 36.0 Å². The zero-order valence-electron chi connectivity index (χ0n) is 18.3. The number of benzene rings is 1. The monoisotopic (exact) mass is 432 g/mol. The third-order valence-corrected chi connectivity index (χ3v) is 7.52. The van der Waals surface area contributed by atoms with Crippen LogP contribution >= 0.6 is 0 Å². The molecule has 0 unspecified atom stereocenters. The Morgan fingerprint density at radius 1 is 1.13 bits per heavy atom. The van der Waals surface area contributed by atoms with Crippen molar-refractivity contribution in [2.45, 2.75) is 88.0 Å². The molecule has 6 nitrogen and oxygen atoms in total. The highest BCUT2D eigenvalue weighted by Gasteiger charge is 2.34. The van der Waals surface area contributed by atoms with Crippen molar-refractivity contribution in [2.75, 3.05) is 0 Å². The third-order valence-electron chi connectivity index (χ3n) is 5.61. The topological polar surface area (TPSA) is 78.3 Å². The van der Waals surface area contributed by atoms with Gasteiger partial charge in [0.25, 0.3) is 0 Å². The molecule has 0 amide bonds. The molecule has 1 heterocycles. The molecular formula is C23H32N2O4S. The lowest BCUT2D eigenvalue weighted by molar-refractivity contribution is -0.135. The van der Waals surface area contributed by atoms with E-state index in [4.69, 9.17) is 4.74 Å². The van der Waals surface area contributed by atoms with Gasteiger partial charge >= 0.3 is 5.97 Å². The number of esters is 1. The smallest absolute Gasteiger partial charge is 0.312 e. The van der Waals surface area contributed by atoms with Gasteiger partial charge in [0.05, 0.1) is 16.1 Å². The number of carbonyl (C=O) groups excluding carboxylic acids is 1. The van der Waals surface area contributed by atoms with E-state index in [1.165, 1.54) is 36.1 Å². The van der Waals surface area contributed by atoms with Crippen LogP contribution in [0.2, 0.25) is 0 Å². The van der Waals surface area contributed by atoms with Crippen molar-refractivity contribution in [1.29, 1.82) is 0 Å². The summed E-state index contributed by atoms with van der Waals surface area (Å²) in [5.41, 5.74) is -0.224. The number of nitrogens with zero attached hydrogens (tertiary/aromatic N) is 2. The van der Waals surface area contributed by atoms with Gasteiger partial charge < -0.3 is 4.74 Å². The zero-order valence-corrected chi connectivity index (χ0v) is 19.2. The molecule has 1 aliphatic carbocycles. The SMILES string of the molecule is Cc1nn(C(C)(C)C)c(OC(=O)CCC2CCCCC2)c1S(=O)(=O)c1ccccc1. The van der Waals surface area contributed by atoms with Crippen LogP contribution in [-0.4, -0.2) is 24.2 Å². The van der Waals surface area contributed by atoms with Gasteiger partial charge in [-0.25, -0.2) is 13.1 Å². The quantitative estimate of drug-likeness (QED) is 0.597. The maximum absolute atomic E-state index is 13.4. The van der Waals surface area contributed by atoms with Gasteiger partial charge in [0, 0.05) is 6.42 Å². The molecule has 2 aromatic rings. The molecule has 7 heteroatoms. The summed E-state index contributed by atoms with van der Waals surface area (Å²) in [7, 11) is -3.88. The number of hydrogen-bond acceptors (Lipinski definition) is 5. The van der Waals surface area contributed by atoms with E-state index in [-0.39, 0.29) is 22.1 Å². The van der Waals surface area contributed by atoms with Crippen molar-refractivity contribution in [3.63, 3.8) is 0 Å². The third kappa shape index (κ3) is 4.94.